The number of nitrogens with two attached hydrogens (primary N) is 1. The van der Waals surface area contributed by atoms with Gasteiger partial charge in [-0.25, -0.2) is 0 Å². The number of rotatable bonds is 4. The van der Waals surface area contributed by atoms with Gasteiger partial charge in [0.2, 0.25) is 0 Å². The summed E-state index contributed by atoms with van der Waals surface area (Å²) < 4.78 is 0. The van der Waals surface area contributed by atoms with Crippen molar-refractivity contribution in [3.8, 4) is 0 Å². The van der Waals surface area contributed by atoms with Crippen LogP contribution in [0.2, 0.25) is 0 Å². The van der Waals surface area contributed by atoms with Crippen LogP contribution in [0.15, 0.2) is 0 Å². The topological polar surface area (TPSA) is 29.3 Å². The van der Waals surface area contributed by atoms with Gasteiger partial charge < -0.3 is 5.73 Å². The van der Waals surface area contributed by atoms with Crippen LogP contribution < -0.4 is 5.73 Å². The molecule has 0 spiro atoms. The van der Waals surface area contributed by atoms with Crippen molar-refractivity contribution in [1.82, 2.24) is 4.90 Å². The van der Waals surface area contributed by atoms with Crippen molar-refractivity contribution >= 4 is 11.8 Å². The third-order valence-electron chi connectivity index (χ3n) is 3.52. The summed E-state index contributed by atoms with van der Waals surface area (Å²) in [6, 6.07) is 1.71. The second kappa shape index (κ2) is 5.38. The minimum absolute atomic E-state index is 0.831. The van der Waals surface area contributed by atoms with Crippen LogP contribution in [-0.4, -0.2) is 41.6 Å². The summed E-state index contributed by atoms with van der Waals surface area (Å²) in [5.41, 5.74) is 5.70. The van der Waals surface area contributed by atoms with Gasteiger partial charge >= 0.3 is 0 Å². The molecule has 14 heavy (non-hydrogen) atoms. The number of nitrogens with zero attached hydrogens (tertiary/aromatic N) is 1. The van der Waals surface area contributed by atoms with E-state index in [9.17, 15) is 0 Å². The van der Waals surface area contributed by atoms with E-state index in [1.54, 1.807) is 0 Å². The van der Waals surface area contributed by atoms with Gasteiger partial charge in [0.05, 0.1) is 0 Å². The van der Waals surface area contributed by atoms with Crippen LogP contribution in [0.5, 0.6) is 0 Å². The highest BCUT2D eigenvalue weighted by Gasteiger charge is 2.30. The van der Waals surface area contributed by atoms with Crippen molar-refractivity contribution in [2.24, 2.45) is 5.73 Å². The molecule has 1 aliphatic carbocycles. The lowest BCUT2D eigenvalue weighted by molar-refractivity contribution is 0.124. The smallest absolute Gasteiger partial charge is 0.0280 e. The van der Waals surface area contributed by atoms with E-state index in [-0.39, 0.29) is 0 Å². The van der Waals surface area contributed by atoms with E-state index in [2.05, 4.69) is 16.7 Å². The molecule has 82 valence electrons. The summed E-state index contributed by atoms with van der Waals surface area (Å²) >= 11 is 2.08. The van der Waals surface area contributed by atoms with Crippen LogP contribution in [0.3, 0.4) is 0 Å². The van der Waals surface area contributed by atoms with E-state index in [1.807, 2.05) is 0 Å². The first-order valence-electron chi connectivity index (χ1n) is 5.95. The Morgan fingerprint density at radius 3 is 2.29 bits per heavy atom. The lowest BCUT2D eigenvalue weighted by Gasteiger charge is -2.43. The fourth-order valence-electron chi connectivity index (χ4n) is 2.64. The maximum atomic E-state index is 5.70. The maximum absolute atomic E-state index is 5.70. The lowest BCUT2D eigenvalue weighted by Crippen LogP contribution is -2.52. The van der Waals surface area contributed by atoms with Crippen molar-refractivity contribution in [3.05, 3.63) is 0 Å². The van der Waals surface area contributed by atoms with Crippen LogP contribution >= 0.6 is 11.8 Å². The highest BCUT2D eigenvalue weighted by Crippen LogP contribution is 2.30. The predicted molar refractivity (Wildman–Crippen MR) is 63.7 cm³/mol. The van der Waals surface area contributed by atoms with E-state index >= 15 is 0 Å². The Hall–Kier alpha value is 0.270. The monoisotopic (exact) mass is 214 g/mol. The first-order valence-corrected chi connectivity index (χ1v) is 7.11. The predicted octanol–water partition coefficient (Wildman–Crippen LogP) is 1.70. The average molecular weight is 214 g/mol. The number of hydrogen-bond donors (Lipinski definition) is 1. The SMILES string of the molecule is NCCN(C1CCCCC1)C1CSC1. The summed E-state index contributed by atoms with van der Waals surface area (Å²) in [7, 11) is 0. The molecule has 1 heterocycles. The lowest BCUT2D eigenvalue weighted by atomic mass is 9.93. The van der Waals surface area contributed by atoms with Crippen LogP contribution in [0, 0.1) is 0 Å². The third-order valence-corrected chi connectivity index (χ3v) is 4.76. The van der Waals surface area contributed by atoms with Gasteiger partial charge in [0.25, 0.3) is 0 Å². The van der Waals surface area contributed by atoms with Crippen LogP contribution in [0.1, 0.15) is 32.1 Å². The highest BCUT2D eigenvalue weighted by molar-refractivity contribution is 8.00. The van der Waals surface area contributed by atoms with E-state index in [0.717, 1.165) is 25.2 Å². The highest BCUT2D eigenvalue weighted by atomic mass is 32.2. The minimum atomic E-state index is 0.831. The Morgan fingerprint density at radius 2 is 1.79 bits per heavy atom. The zero-order valence-corrected chi connectivity index (χ0v) is 9.77. The molecule has 0 aromatic heterocycles. The second-order valence-corrected chi connectivity index (χ2v) is 5.58. The van der Waals surface area contributed by atoms with Crippen LogP contribution in [-0.2, 0) is 0 Å². The summed E-state index contributed by atoms with van der Waals surface area (Å²) in [5.74, 6) is 2.69. The molecule has 1 aliphatic heterocycles. The van der Waals surface area contributed by atoms with Gasteiger partial charge in [-0.2, -0.15) is 11.8 Å². The van der Waals surface area contributed by atoms with Gasteiger partial charge in [-0.15, -0.1) is 0 Å². The van der Waals surface area contributed by atoms with Crippen molar-refractivity contribution in [2.45, 2.75) is 44.2 Å². The summed E-state index contributed by atoms with van der Waals surface area (Å²) in [5, 5.41) is 0. The zero-order chi connectivity index (χ0) is 9.80. The van der Waals surface area contributed by atoms with E-state index < -0.39 is 0 Å². The Bertz CT molecular complexity index is 165. The summed E-state index contributed by atoms with van der Waals surface area (Å²) in [4.78, 5) is 2.70. The molecule has 0 radical (unpaired) electrons. The molecule has 2 fully saturated rings. The fourth-order valence-corrected chi connectivity index (χ4v) is 3.47. The van der Waals surface area contributed by atoms with Crippen molar-refractivity contribution in [2.75, 3.05) is 24.6 Å². The molecule has 3 heteroatoms. The van der Waals surface area contributed by atoms with Gasteiger partial charge in [0.15, 0.2) is 0 Å². The van der Waals surface area contributed by atoms with Gasteiger partial charge in [0, 0.05) is 36.7 Å². The number of hydrogen-bond acceptors (Lipinski definition) is 3. The molecule has 1 saturated carbocycles. The quantitative estimate of drug-likeness (QED) is 0.772. The first kappa shape index (κ1) is 10.8. The molecule has 0 unspecified atom stereocenters. The Labute approximate surface area is 91.6 Å². The second-order valence-electron chi connectivity index (χ2n) is 4.51. The molecular weight excluding hydrogens is 192 g/mol. The molecule has 0 amide bonds. The third kappa shape index (κ3) is 2.44. The molecule has 2 rings (SSSR count). The Balaban J connectivity index is 1.86. The molecule has 0 aromatic rings. The van der Waals surface area contributed by atoms with Crippen molar-refractivity contribution in [3.63, 3.8) is 0 Å². The molecule has 2 nitrogen and oxygen atoms in total. The number of thioether (sulfide) groups is 1. The summed E-state index contributed by atoms with van der Waals surface area (Å²) in [6.45, 7) is 1.95. The van der Waals surface area contributed by atoms with E-state index in [1.165, 1.54) is 43.6 Å². The maximum Gasteiger partial charge on any atom is 0.0280 e. The molecule has 0 atom stereocenters. The zero-order valence-electron chi connectivity index (χ0n) is 8.95. The largest absolute Gasteiger partial charge is 0.329 e. The first-order chi connectivity index (χ1) is 6.92. The Morgan fingerprint density at radius 1 is 1.07 bits per heavy atom. The normalized spacial score (nSPS) is 25.3. The van der Waals surface area contributed by atoms with Gasteiger partial charge in [-0.3, -0.25) is 4.90 Å². The van der Waals surface area contributed by atoms with Crippen LogP contribution in [0.4, 0.5) is 0 Å². The Kier molecular flexibility index (Phi) is 4.14. The van der Waals surface area contributed by atoms with Gasteiger partial charge in [0.1, 0.15) is 0 Å². The molecule has 2 aliphatic rings. The van der Waals surface area contributed by atoms with Crippen LogP contribution in [0.25, 0.3) is 0 Å². The van der Waals surface area contributed by atoms with Gasteiger partial charge in [-0.05, 0) is 12.8 Å². The summed E-state index contributed by atoms with van der Waals surface area (Å²) in [6.07, 6.45) is 7.16. The average Bonchev–Trinajstić information content (AvgIpc) is 2.16. The minimum Gasteiger partial charge on any atom is -0.329 e. The molecule has 1 saturated heterocycles. The van der Waals surface area contributed by atoms with Crippen molar-refractivity contribution in [1.29, 1.82) is 0 Å². The fraction of sp³-hybridized carbons (Fsp3) is 1.00. The standard InChI is InChI=1S/C11H22N2S/c12-6-7-13(11-8-14-9-11)10-4-2-1-3-5-10/h10-11H,1-9,12H2. The van der Waals surface area contributed by atoms with E-state index in [0.29, 0.717) is 0 Å². The van der Waals surface area contributed by atoms with E-state index in [4.69, 9.17) is 5.73 Å². The van der Waals surface area contributed by atoms with Crippen molar-refractivity contribution < 1.29 is 0 Å². The van der Waals surface area contributed by atoms with Gasteiger partial charge in [-0.1, -0.05) is 19.3 Å². The molecule has 0 aromatic carbocycles. The molecule has 2 N–H and O–H groups in total. The molecule has 0 bridgehead atoms. The molecular formula is C11H22N2S.